The van der Waals surface area contributed by atoms with Crippen LogP contribution in [0.15, 0.2) is 10.2 Å². The summed E-state index contributed by atoms with van der Waals surface area (Å²) in [5, 5.41) is 13.5. The largest absolute Gasteiger partial charge is 0.394 e. The molecule has 1 aromatic heterocycles. The molecule has 18 heavy (non-hydrogen) atoms. The predicted molar refractivity (Wildman–Crippen MR) is 71.9 cm³/mol. The van der Waals surface area contributed by atoms with E-state index in [4.69, 9.17) is 5.11 Å². The predicted octanol–water partition coefficient (Wildman–Crippen LogP) is 0.886. The highest BCUT2D eigenvalue weighted by atomic mass is 32.1. The highest BCUT2D eigenvalue weighted by molar-refractivity contribution is 7.07. The van der Waals surface area contributed by atoms with Gasteiger partial charge in [0.15, 0.2) is 0 Å². The maximum absolute atomic E-state index is 11.6. The molecule has 1 amide bonds. The Morgan fingerprint density at radius 3 is 2.83 bits per heavy atom. The van der Waals surface area contributed by atoms with Gasteiger partial charge in [0.2, 0.25) is 5.91 Å². The number of aliphatic hydroxyl groups excluding tert-OH is 1. The van der Waals surface area contributed by atoms with E-state index in [9.17, 15) is 9.59 Å². The number of aryl methyl sites for hydroxylation is 1. The molecular weight excluding hydrogens is 252 g/mol. The van der Waals surface area contributed by atoms with Crippen molar-refractivity contribution in [2.45, 2.75) is 45.7 Å². The van der Waals surface area contributed by atoms with Crippen molar-refractivity contribution in [1.82, 2.24) is 9.88 Å². The number of aliphatic hydroxyl groups is 1. The summed E-state index contributed by atoms with van der Waals surface area (Å²) in [6, 6.07) is -0.164. The van der Waals surface area contributed by atoms with Gasteiger partial charge in [-0.15, -0.1) is 0 Å². The Morgan fingerprint density at radius 2 is 2.33 bits per heavy atom. The number of thiazole rings is 1. The number of carbonyl (C=O) groups excluding carboxylic acids is 1. The molecule has 0 bridgehead atoms. The van der Waals surface area contributed by atoms with Gasteiger partial charge in [-0.05, 0) is 19.8 Å². The second-order valence-corrected chi connectivity index (χ2v) is 5.07. The molecule has 0 saturated carbocycles. The molecule has 102 valence electrons. The smallest absolute Gasteiger partial charge is 0.307 e. The molecule has 0 aliphatic heterocycles. The minimum atomic E-state index is -0.164. The number of carbonyl (C=O) groups is 1. The van der Waals surface area contributed by atoms with Gasteiger partial charge in [0.1, 0.15) is 0 Å². The maximum atomic E-state index is 11.6. The first-order valence-corrected chi connectivity index (χ1v) is 7.01. The van der Waals surface area contributed by atoms with Crippen molar-refractivity contribution < 1.29 is 9.90 Å². The van der Waals surface area contributed by atoms with Crippen LogP contribution in [0, 0.1) is 6.92 Å². The number of hydrogen-bond acceptors (Lipinski definition) is 4. The van der Waals surface area contributed by atoms with Gasteiger partial charge in [-0.1, -0.05) is 18.3 Å². The van der Waals surface area contributed by atoms with E-state index in [-0.39, 0.29) is 23.4 Å². The maximum Gasteiger partial charge on any atom is 0.307 e. The fourth-order valence-electron chi connectivity index (χ4n) is 1.65. The van der Waals surface area contributed by atoms with Crippen molar-refractivity contribution in [3.63, 3.8) is 0 Å². The molecule has 0 radical (unpaired) electrons. The molecule has 0 unspecified atom stereocenters. The molecule has 1 rings (SSSR count). The lowest BCUT2D eigenvalue weighted by atomic mass is 10.2. The number of nitrogens with one attached hydrogen (secondary N) is 1. The first-order valence-electron chi connectivity index (χ1n) is 6.13. The third-order valence-electron chi connectivity index (χ3n) is 2.84. The minimum absolute atomic E-state index is 0.0229. The first-order chi connectivity index (χ1) is 8.58. The zero-order valence-corrected chi connectivity index (χ0v) is 11.6. The molecule has 0 fully saturated rings. The highest BCUT2D eigenvalue weighted by Crippen LogP contribution is 2.02. The van der Waals surface area contributed by atoms with Crippen LogP contribution in [0.25, 0.3) is 0 Å². The molecule has 0 aromatic carbocycles. The Balaban J connectivity index is 2.34. The van der Waals surface area contributed by atoms with E-state index in [1.54, 1.807) is 4.57 Å². The second kappa shape index (κ2) is 7.33. The van der Waals surface area contributed by atoms with Gasteiger partial charge in [-0.25, -0.2) is 0 Å². The molecule has 0 aliphatic carbocycles. The standard InChI is InChI=1S/C12H20N2O3S/c1-3-10(7-15)13-11(16)5-4-6-14-9(2)8-18-12(14)17/h8,10,15H,3-7H2,1-2H3,(H,13,16)/t10-/m1/s1. The lowest BCUT2D eigenvalue weighted by Crippen LogP contribution is -2.36. The van der Waals surface area contributed by atoms with Crippen LogP contribution in [0.1, 0.15) is 31.9 Å². The Bertz CT molecular complexity index is 435. The fraction of sp³-hybridized carbons (Fsp3) is 0.667. The van der Waals surface area contributed by atoms with E-state index in [1.165, 1.54) is 11.3 Å². The molecule has 0 saturated heterocycles. The molecule has 0 aliphatic rings. The van der Waals surface area contributed by atoms with Crippen molar-refractivity contribution in [2.75, 3.05) is 6.61 Å². The fourth-order valence-corrected chi connectivity index (χ4v) is 2.41. The summed E-state index contributed by atoms with van der Waals surface area (Å²) in [5.41, 5.74) is 0.937. The SMILES string of the molecule is CC[C@H](CO)NC(=O)CCCn1c(C)csc1=O. The lowest BCUT2D eigenvalue weighted by Gasteiger charge is -2.13. The lowest BCUT2D eigenvalue weighted by molar-refractivity contribution is -0.122. The van der Waals surface area contributed by atoms with Crippen LogP contribution < -0.4 is 10.2 Å². The molecule has 6 heteroatoms. The summed E-state index contributed by atoms with van der Waals surface area (Å²) in [5.74, 6) is -0.0724. The summed E-state index contributed by atoms with van der Waals surface area (Å²) >= 11 is 1.18. The van der Waals surface area contributed by atoms with Gasteiger partial charge in [0.05, 0.1) is 12.6 Å². The molecule has 0 spiro atoms. The second-order valence-electron chi connectivity index (χ2n) is 4.25. The van der Waals surface area contributed by atoms with Crippen LogP contribution in [-0.2, 0) is 11.3 Å². The zero-order valence-electron chi connectivity index (χ0n) is 10.8. The number of nitrogens with zero attached hydrogens (tertiary/aromatic N) is 1. The van der Waals surface area contributed by atoms with E-state index in [0.717, 1.165) is 5.69 Å². The highest BCUT2D eigenvalue weighted by Gasteiger charge is 2.09. The van der Waals surface area contributed by atoms with Gasteiger partial charge >= 0.3 is 4.87 Å². The van der Waals surface area contributed by atoms with E-state index >= 15 is 0 Å². The van der Waals surface area contributed by atoms with Crippen molar-refractivity contribution >= 4 is 17.2 Å². The summed E-state index contributed by atoms with van der Waals surface area (Å²) in [6.07, 6.45) is 1.72. The van der Waals surface area contributed by atoms with Crippen LogP contribution in [-0.4, -0.2) is 28.2 Å². The number of hydrogen-bond donors (Lipinski definition) is 2. The number of rotatable bonds is 7. The third kappa shape index (κ3) is 4.27. The average Bonchev–Trinajstić information content (AvgIpc) is 2.67. The van der Waals surface area contributed by atoms with Gasteiger partial charge in [-0.3, -0.25) is 9.59 Å². The third-order valence-corrected chi connectivity index (χ3v) is 3.72. The molecule has 1 heterocycles. The molecule has 1 atom stereocenters. The Hall–Kier alpha value is -1.14. The molecule has 1 aromatic rings. The molecule has 2 N–H and O–H groups in total. The average molecular weight is 272 g/mol. The van der Waals surface area contributed by atoms with Gasteiger partial charge in [-0.2, -0.15) is 0 Å². The molecular formula is C12H20N2O3S. The summed E-state index contributed by atoms with van der Waals surface area (Å²) in [4.78, 5) is 23.0. The van der Waals surface area contributed by atoms with Crippen LogP contribution >= 0.6 is 11.3 Å². The summed E-state index contributed by atoms with van der Waals surface area (Å²) in [6.45, 7) is 4.33. The number of amides is 1. The van der Waals surface area contributed by atoms with E-state index in [1.807, 2.05) is 19.2 Å². The Labute approximate surface area is 110 Å². The summed E-state index contributed by atoms with van der Waals surface area (Å²) in [7, 11) is 0. The van der Waals surface area contributed by atoms with Gasteiger partial charge in [0, 0.05) is 24.0 Å². The quantitative estimate of drug-likeness (QED) is 0.774. The van der Waals surface area contributed by atoms with Crippen molar-refractivity contribution in [3.8, 4) is 0 Å². The van der Waals surface area contributed by atoms with E-state index in [0.29, 0.717) is 25.8 Å². The number of aromatic nitrogens is 1. The van der Waals surface area contributed by atoms with E-state index in [2.05, 4.69) is 5.32 Å². The minimum Gasteiger partial charge on any atom is -0.394 e. The van der Waals surface area contributed by atoms with E-state index < -0.39 is 0 Å². The first kappa shape index (κ1) is 14.9. The molecule has 5 nitrogen and oxygen atoms in total. The van der Waals surface area contributed by atoms with Gasteiger partial charge < -0.3 is 15.0 Å². The van der Waals surface area contributed by atoms with Crippen molar-refractivity contribution in [2.24, 2.45) is 0 Å². The topological polar surface area (TPSA) is 71.3 Å². The normalized spacial score (nSPS) is 12.4. The van der Waals surface area contributed by atoms with Crippen LogP contribution in [0.2, 0.25) is 0 Å². The van der Waals surface area contributed by atoms with Crippen LogP contribution in [0.4, 0.5) is 0 Å². The Morgan fingerprint density at radius 1 is 1.61 bits per heavy atom. The monoisotopic (exact) mass is 272 g/mol. The van der Waals surface area contributed by atoms with Crippen molar-refractivity contribution in [1.29, 1.82) is 0 Å². The van der Waals surface area contributed by atoms with Gasteiger partial charge in [0.25, 0.3) is 0 Å². The van der Waals surface area contributed by atoms with Crippen LogP contribution in [0.3, 0.4) is 0 Å². The van der Waals surface area contributed by atoms with Crippen molar-refractivity contribution in [3.05, 3.63) is 20.7 Å². The van der Waals surface area contributed by atoms with Crippen LogP contribution in [0.5, 0.6) is 0 Å². The summed E-state index contributed by atoms with van der Waals surface area (Å²) < 4.78 is 1.68. The zero-order chi connectivity index (χ0) is 13.5. The Kier molecular flexibility index (Phi) is 6.07.